The Labute approximate surface area is 146 Å². The second-order valence-electron chi connectivity index (χ2n) is 5.86. The quantitative estimate of drug-likeness (QED) is 0.875. The molecule has 0 heterocycles. The molecule has 2 aromatic carbocycles. The number of aryl methyl sites for hydroxylation is 1. The summed E-state index contributed by atoms with van der Waals surface area (Å²) < 4.78 is 25.0. The van der Waals surface area contributed by atoms with E-state index in [4.69, 9.17) is 11.6 Å². The first-order chi connectivity index (χ1) is 11.3. The van der Waals surface area contributed by atoms with Crippen LogP contribution in [0.1, 0.15) is 33.9 Å². The van der Waals surface area contributed by atoms with Gasteiger partial charge in [-0.15, -0.1) is 0 Å². The zero-order valence-electron chi connectivity index (χ0n) is 13.0. The highest BCUT2D eigenvalue weighted by Crippen LogP contribution is 2.33. The average molecular weight is 365 g/mol. The van der Waals surface area contributed by atoms with Gasteiger partial charge in [-0.25, -0.2) is 8.42 Å². The summed E-state index contributed by atoms with van der Waals surface area (Å²) in [6, 6.07) is 12.1. The SMILES string of the molecule is CS(=O)(=O)Nc1cccc(C(=O)NC2CCc3cc(Cl)ccc32)c1. The van der Waals surface area contributed by atoms with Crippen LogP contribution in [0, 0.1) is 0 Å². The van der Waals surface area contributed by atoms with E-state index < -0.39 is 10.0 Å². The van der Waals surface area contributed by atoms with Gasteiger partial charge < -0.3 is 5.32 Å². The van der Waals surface area contributed by atoms with Gasteiger partial charge in [0.05, 0.1) is 12.3 Å². The van der Waals surface area contributed by atoms with Crippen LogP contribution < -0.4 is 10.0 Å². The Morgan fingerprint density at radius 2 is 2.00 bits per heavy atom. The predicted molar refractivity (Wildman–Crippen MR) is 94.9 cm³/mol. The molecule has 1 aliphatic rings. The minimum atomic E-state index is -3.38. The number of rotatable bonds is 4. The van der Waals surface area contributed by atoms with Gasteiger partial charge >= 0.3 is 0 Å². The van der Waals surface area contributed by atoms with Crippen LogP contribution in [-0.2, 0) is 16.4 Å². The van der Waals surface area contributed by atoms with Crippen molar-refractivity contribution in [2.24, 2.45) is 0 Å². The first-order valence-corrected chi connectivity index (χ1v) is 9.76. The van der Waals surface area contributed by atoms with Crippen LogP contribution in [0.25, 0.3) is 0 Å². The molecule has 0 spiro atoms. The first-order valence-electron chi connectivity index (χ1n) is 7.49. The Morgan fingerprint density at radius 1 is 1.21 bits per heavy atom. The molecule has 7 heteroatoms. The van der Waals surface area contributed by atoms with Gasteiger partial charge in [0.2, 0.25) is 10.0 Å². The molecule has 0 radical (unpaired) electrons. The monoisotopic (exact) mass is 364 g/mol. The van der Waals surface area contributed by atoms with Crippen molar-refractivity contribution in [2.75, 3.05) is 11.0 Å². The summed E-state index contributed by atoms with van der Waals surface area (Å²) in [5.74, 6) is -0.236. The van der Waals surface area contributed by atoms with Crippen molar-refractivity contribution in [2.45, 2.75) is 18.9 Å². The van der Waals surface area contributed by atoms with Gasteiger partial charge in [0.15, 0.2) is 0 Å². The predicted octanol–water partition coefficient (Wildman–Crippen LogP) is 3.13. The molecule has 0 saturated heterocycles. The lowest BCUT2D eigenvalue weighted by molar-refractivity contribution is 0.0936. The Morgan fingerprint density at radius 3 is 2.75 bits per heavy atom. The number of sulfonamides is 1. The Kier molecular flexibility index (Phi) is 4.51. The molecule has 24 heavy (non-hydrogen) atoms. The van der Waals surface area contributed by atoms with Crippen molar-refractivity contribution in [3.8, 4) is 0 Å². The van der Waals surface area contributed by atoms with E-state index in [1.807, 2.05) is 18.2 Å². The third-order valence-corrected chi connectivity index (χ3v) is 4.76. The number of hydrogen-bond acceptors (Lipinski definition) is 3. The smallest absolute Gasteiger partial charge is 0.251 e. The van der Waals surface area contributed by atoms with Crippen LogP contribution in [0.2, 0.25) is 5.02 Å². The van der Waals surface area contributed by atoms with E-state index >= 15 is 0 Å². The van der Waals surface area contributed by atoms with Gasteiger partial charge in [-0.1, -0.05) is 23.7 Å². The molecular formula is C17H17ClN2O3S. The largest absolute Gasteiger partial charge is 0.345 e. The molecule has 2 N–H and O–H groups in total. The fraction of sp³-hybridized carbons (Fsp3) is 0.235. The summed E-state index contributed by atoms with van der Waals surface area (Å²) in [5.41, 5.74) is 3.01. The zero-order valence-corrected chi connectivity index (χ0v) is 14.6. The maximum absolute atomic E-state index is 12.5. The minimum Gasteiger partial charge on any atom is -0.345 e. The van der Waals surface area contributed by atoms with Gasteiger partial charge in [0.1, 0.15) is 0 Å². The van der Waals surface area contributed by atoms with E-state index in [1.165, 1.54) is 6.07 Å². The van der Waals surface area contributed by atoms with Crippen LogP contribution in [0.4, 0.5) is 5.69 Å². The maximum Gasteiger partial charge on any atom is 0.251 e. The van der Waals surface area contributed by atoms with E-state index in [0.29, 0.717) is 16.3 Å². The van der Waals surface area contributed by atoms with E-state index in [9.17, 15) is 13.2 Å². The zero-order chi connectivity index (χ0) is 17.3. The number of carbonyl (C=O) groups excluding carboxylic acids is 1. The number of amides is 1. The average Bonchev–Trinajstić information content (AvgIpc) is 2.88. The molecule has 2 aromatic rings. The highest BCUT2D eigenvalue weighted by Gasteiger charge is 2.24. The highest BCUT2D eigenvalue weighted by atomic mass is 35.5. The molecule has 1 amide bonds. The van der Waals surface area contributed by atoms with Crippen LogP contribution in [0.5, 0.6) is 0 Å². The Hall–Kier alpha value is -2.05. The number of halogens is 1. The molecule has 1 unspecified atom stereocenters. The first kappa shape index (κ1) is 16.8. The highest BCUT2D eigenvalue weighted by molar-refractivity contribution is 7.92. The summed E-state index contributed by atoms with van der Waals surface area (Å²) in [5, 5.41) is 3.70. The molecule has 3 rings (SSSR count). The lowest BCUT2D eigenvalue weighted by atomic mass is 10.1. The minimum absolute atomic E-state index is 0.0590. The van der Waals surface area contributed by atoms with Crippen molar-refractivity contribution in [3.63, 3.8) is 0 Å². The van der Waals surface area contributed by atoms with Gasteiger partial charge in [-0.05, 0) is 54.3 Å². The number of anilines is 1. The van der Waals surface area contributed by atoms with E-state index in [1.54, 1.807) is 18.2 Å². The normalized spacial score (nSPS) is 16.5. The van der Waals surface area contributed by atoms with E-state index in [0.717, 1.165) is 30.2 Å². The molecule has 0 fully saturated rings. The van der Waals surface area contributed by atoms with Crippen molar-refractivity contribution in [1.82, 2.24) is 5.32 Å². The van der Waals surface area contributed by atoms with E-state index in [2.05, 4.69) is 10.0 Å². The van der Waals surface area contributed by atoms with Crippen molar-refractivity contribution >= 4 is 33.2 Å². The number of carbonyl (C=O) groups is 1. The van der Waals surface area contributed by atoms with Crippen LogP contribution in [-0.4, -0.2) is 20.6 Å². The molecule has 126 valence electrons. The second kappa shape index (κ2) is 6.45. The van der Waals surface area contributed by atoms with Crippen LogP contribution in [0.15, 0.2) is 42.5 Å². The molecule has 1 atom stereocenters. The van der Waals surface area contributed by atoms with Gasteiger partial charge in [0.25, 0.3) is 5.91 Å². The van der Waals surface area contributed by atoms with Gasteiger partial charge in [0, 0.05) is 16.3 Å². The third-order valence-electron chi connectivity index (χ3n) is 3.92. The van der Waals surface area contributed by atoms with Crippen molar-refractivity contribution < 1.29 is 13.2 Å². The second-order valence-corrected chi connectivity index (χ2v) is 8.05. The van der Waals surface area contributed by atoms with Crippen LogP contribution >= 0.6 is 11.6 Å². The molecule has 1 aliphatic carbocycles. The molecule has 0 saturated carbocycles. The molecule has 0 bridgehead atoms. The summed E-state index contributed by atoms with van der Waals surface area (Å²) >= 11 is 6.00. The third kappa shape index (κ3) is 3.88. The molecule has 0 aliphatic heterocycles. The number of fused-ring (bicyclic) bond motifs is 1. The lowest BCUT2D eigenvalue weighted by Crippen LogP contribution is -2.27. The topological polar surface area (TPSA) is 75.3 Å². The van der Waals surface area contributed by atoms with E-state index in [-0.39, 0.29) is 11.9 Å². The summed E-state index contributed by atoms with van der Waals surface area (Å²) in [7, 11) is -3.38. The summed E-state index contributed by atoms with van der Waals surface area (Å²) in [6.07, 6.45) is 2.76. The number of nitrogens with one attached hydrogen (secondary N) is 2. The van der Waals surface area contributed by atoms with Gasteiger partial charge in [-0.2, -0.15) is 0 Å². The maximum atomic E-state index is 12.5. The number of hydrogen-bond donors (Lipinski definition) is 2. The Bertz CT molecular complexity index is 896. The number of benzene rings is 2. The van der Waals surface area contributed by atoms with Crippen LogP contribution in [0.3, 0.4) is 0 Å². The van der Waals surface area contributed by atoms with Gasteiger partial charge in [-0.3, -0.25) is 9.52 Å². The fourth-order valence-electron chi connectivity index (χ4n) is 2.92. The molecule has 0 aromatic heterocycles. The van der Waals surface area contributed by atoms with Crippen molar-refractivity contribution in [3.05, 3.63) is 64.2 Å². The Balaban J connectivity index is 1.76. The molecule has 5 nitrogen and oxygen atoms in total. The van der Waals surface area contributed by atoms with Crippen molar-refractivity contribution in [1.29, 1.82) is 0 Å². The summed E-state index contributed by atoms with van der Waals surface area (Å²) in [6.45, 7) is 0. The summed E-state index contributed by atoms with van der Waals surface area (Å²) in [4.78, 5) is 12.5. The fourth-order valence-corrected chi connectivity index (χ4v) is 3.67. The lowest BCUT2D eigenvalue weighted by Gasteiger charge is -2.15. The standard InChI is InChI=1S/C17H17ClN2O3S/c1-24(22,23)20-14-4-2-3-12(10-14)17(21)19-16-8-5-11-9-13(18)6-7-15(11)16/h2-4,6-7,9-10,16,20H,5,8H2,1H3,(H,19,21). The molecular weight excluding hydrogens is 348 g/mol.